The zero-order valence-electron chi connectivity index (χ0n) is 10.4. The molecule has 6 heteroatoms. The highest BCUT2D eigenvalue weighted by Crippen LogP contribution is 2.44. The molecule has 1 aliphatic carbocycles. The van der Waals surface area contributed by atoms with Gasteiger partial charge in [-0.05, 0) is 24.9 Å². The summed E-state index contributed by atoms with van der Waals surface area (Å²) in [4.78, 5) is 18.0. The van der Waals surface area contributed by atoms with Crippen LogP contribution in [0.2, 0.25) is 0 Å². The van der Waals surface area contributed by atoms with Crippen LogP contribution in [0.15, 0.2) is 4.52 Å². The third-order valence-electron chi connectivity index (χ3n) is 3.10. The molecule has 94 valence electrons. The Bertz CT molecular complexity index is 410. The molecule has 0 N–H and O–H groups in total. The maximum absolute atomic E-state index is 12.0. The molecule has 1 aromatic rings. The maximum atomic E-state index is 12.0. The molecular weight excluding hydrogens is 222 g/mol. The topological polar surface area (TPSA) is 68.5 Å². The number of rotatable bonds is 4. The second kappa shape index (κ2) is 4.35. The van der Waals surface area contributed by atoms with Crippen LogP contribution >= 0.6 is 0 Å². The molecule has 1 heterocycles. The van der Waals surface area contributed by atoms with Crippen molar-refractivity contribution in [2.45, 2.75) is 31.6 Å². The zero-order chi connectivity index (χ0) is 12.5. The van der Waals surface area contributed by atoms with Crippen molar-refractivity contribution in [1.82, 2.24) is 10.1 Å². The molecule has 0 aliphatic heterocycles. The fourth-order valence-electron chi connectivity index (χ4n) is 1.90. The molecule has 0 radical (unpaired) electrons. The largest absolute Gasteiger partial charge is 0.465 e. The summed E-state index contributed by atoms with van der Waals surface area (Å²) in [7, 11) is 3.65. The first-order chi connectivity index (χ1) is 8.10. The number of anilines is 1. The molecule has 0 amide bonds. The van der Waals surface area contributed by atoms with Crippen LogP contribution in [-0.4, -0.2) is 36.8 Å². The number of carbonyl (C=O) groups excluding carboxylic acids is 1. The highest BCUT2D eigenvalue weighted by molar-refractivity contribution is 5.83. The van der Waals surface area contributed by atoms with E-state index < -0.39 is 5.41 Å². The summed E-state index contributed by atoms with van der Waals surface area (Å²) < 4.78 is 10.3. The van der Waals surface area contributed by atoms with Crippen LogP contribution in [-0.2, 0) is 14.9 Å². The molecule has 0 bridgehead atoms. The number of hydrogen-bond donors (Lipinski definition) is 0. The number of aromatic nitrogens is 2. The Morgan fingerprint density at radius 3 is 2.65 bits per heavy atom. The minimum atomic E-state index is -0.697. The lowest BCUT2D eigenvalue weighted by Crippen LogP contribution is -2.44. The highest BCUT2D eigenvalue weighted by atomic mass is 16.5. The third-order valence-corrected chi connectivity index (χ3v) is 3.10. The molecule has 0 spiro atoms. The predicted octanol–water partition coefficient (Wildman–Crippen LogP) is 1.12. The first kappa shape index (κ1) is 11.9. The van der Waals surface area contributed by atoms with E-state index in [1.165, 1.54) is 0 Å². The molecule has 0 unspecified atom stereocenters. The van der Waals surface area contributed by atoms with E-state index in [4.69, 9.17) is 9.26 Å². The third kappa shape index (κ3) is 1.87. The van der Waals surface area contributed by atoms with Gasteiger partial charge in [-0.15, -0.1) is 0 Å². The molecule has 17 heavy (non-hydrogen) atoms. The first-order valence-electron chi connectivity index (χ1n) is 5.79. The second-order valence-corrected chi connectivity index (χ2v) is 4.45. The Kier molecular flexibility index (Phi) is 3.04. The van der Waals surface area contributed by atoms with Crippen LogP contribution < -0.4 is 4.90 Å². The molecule has 6 nitrogen and oxygen atoms in total. The van der Waals surface area contributed by atoms with Crippen molar-refractivity contribution in [1.29, 1.82) is 0 Å². The smallest absolute Gasteiger partial charge is 0.321 e. The van der Waals surface area contributed by atoms with Crippen molar-refractivity contribution in [3.63, 3.8) is 0 Å². The molecule has 1 fully saturated rings. The van der Waals surface area contributed by atoms with Gasteiger partial charge in [-0.1, -0.05) is 6.42 Å². The Labute approximate surface area is 99.9 Å². The predicted molar refractivity (Wildman–Crippen MR) is 60.8 cm³/mol. The van der Waals surface area contributed by atoms with Crippen LogP contribution in [0.1, 0.15) is 32.1 Å². The lowest BCUT2D eigenvalue weighted by atomic mass is 9.68. The minimum Gasteiger partial charge on any atom is -0.465 e. The summed E-state index contributed by atoms with van der Waals surface area (Å²) in [6, 6.07) is 0. The second-order valence-electron chi connectivity index (χ2n) is 4.45. The van der Waals surface area contributed by atoms with Gasteiger partial charge < -0.3 is 14.2 Å². The van der Waals surface area contributed by atoms with E-state index in [1.54, 1.807) is 11.8 Å². The van der Waals surface area contributed by atoms with E-state index in [9.17, 15) is 4.79 Å². The number of esters is 1. The van der Waals surface area contributed by atoms with Crippen molar-refractivity contribution in [2.24, 2.45) is 0 Å². The van der Waals surface area contributed by atoms with Crippen LogP contribution in [0.4, 0.5) is 5.95 Å². The van der Waals surface area contributed by atoms with E-state index >= 15 is 0 Å². The summed E-state index contributed by atoms with van der Waals surface area (Å²) in [6.07, 6.45) is 2.43. The normalized spacial score (nSPS) is 17.4. The lowest BCUT2D eigenvalue weighted by Gasteiger charge is -2.35. The van der Waals surface area contributed by atoms with Gasteiger partial charge >= 0.3 is 5.97 Å². The van der Waals surface area contributed by atoms with Crippen LogP contribution in [0.3, 0.4) is 0 Å². The molecule has 0 saturated heterocycles. The highest BCUT2D eigenvalue weighted by Gasteiger charge is 2.52. The van der Waals surface area contributed by atoms with Crippen molar-refractivity contribution in [3.8, 4) is 0 Å². The number of hydrogen-bond acceptors (Lipinski definition) is 6. The summed E-state index contributed by atoms with van der Waals surface area (Å²) in [5.74, 6) is 0.613. The summed E-state index contributed by atoms with van der Waals surface area (Å²) >= 11 is 0. The Morgan fingerprint density at radius 1 is 1.53 bits per heavy atom. The van der Waals surface area contributed by atoms with Gasteiger partial charge in [-0.2, -0.15) is 4.98 Å². The van der Waals surface area contributed by atoms with Gasteiger partial charge in [0.2, 0.25) is 5.89 Å². The van der Waals surface area contributed by atoms with Gasteiger partial charge in [0.25, 0.3) is 5.95 Å². The van der Waals surface area contributed by atoms with Crippen molar-refractivity contribution in [3.05, 3.63) is 5.89 Å². The summed E-state index contributed by atoms with van der Waals surface area (Å²) in [5.41, 5.74) is -0.697. The van der Waals surface area contributed by atoms with Crippen molar-refractivity contribution >= 4 is 11.9 Å². The van der Waals surface area contributed by atoms with Gasteiger partial charge in [0.1, 0.15) is 5.41 Å². The van der Waals surface area contributed by atoms with Crippen molar-refractivity contribution in [2.75, 3.05) is 25.6 Å². The molecule has 2 rings (SSSR count). The molecule has 1 aliphatic rings. The van der Waals surface area contributed by atoms with Crippen LogP contribution in [0.5, 0.6) is 0 Å². The van der Waals surface area contributed by atoms with Gasteiger partial charge in [-0.25, -0.2) is 0 Å². The van der Waals surface area contributed by atoms with Gasteiger partial charge in [0, 0.05) is 14.1 Å². The molecule has 1 aromatic heterocycles. The van der Waals surface area contributed by atoms with E-state index in [0.29, 0.717) is 18.4 Å². The fourth-order valence-corrected chi connectivity index (χ4v) is 1.90. The van der Waals surface area contributed by atoms with Gasteiger partial charge in [-0.3, -0.25) is 4.79 Å². The van der Waals surface area contributed by atoms with E-state index in [-0.39, 0.29) is 5.97 Å². The number of carbonyl (C=O) groups is 1. The quantitative estimate of drug-likeness (QED) is 0.733. The Hall–Kier alpha value is -1.59. The molecule has 1 saturated carbocycles. The van der Waals surface area contributed by atoms with Crippen LogP contribution in [0.25, 0.3) is 0 Å². The monoisotopic (exact) mass is 239 g/mol. The molecule has 0 aromatic carbocycles. The van der Waals surface area contributed by atoms with Gasteiger partial charge in [0.05, 0.1) is 6.61 Å². The Morgan fingerprint density at radius 2 is 2.24 bits per heavy atom. The van der Waals surface area contributed by atoms with Crippen molar-refractivity contribution < 1.29 is 14.1 Å². The zero-order valence-corrected chi connectivity index (χ0v) is 10.4. The SMILES string of the molecule is CCOC(=O)C1(c2nc(N(C)C)no2)CCC1. The van der Waals surface area contributed by atoms with E-state index in [0.717, 1.165) is 19.3 Å². The summed E-state index contributed by atoms with van der Waals surface area (Å²) in [5, 5.41) is 3.84. The average molecular weight is 239 g/mol. The maximum Gasteiger partial charge on any atom is 0.321 e. The van der Waals surface area contributed by atoms with E-state index in [1.807, 2.05) is 14.1 Å². The number of ether oxygens (including phenoxy) is 1. The first-order valence-corrected chi connectivity index (χ1v) is 5.79. The minimum absolute atomic E-state index is 0.250. The standard InChI is InChI=1S/C11H17N3O3/c1-4-16-9(15)11(6-5-7-11)8-12-10(13-17-8)14(2)3/h4-7H2,1-3H3. The van der Waals surface area contributed by atoms with E-state index in [2.05, 4.69) is 10.1 Å². The molecular formula is C11H17N3O3. The number of nitrogens with zero attached hydrogens (tertiary/aromatic N) is 3. The summed E-state index contributed by atoms with van der Waals surface area (Å²) in [6.45, 7) is 2.17. The molecule has 0 atom stereocenters. The lowest BCUT2D eigenvalue weighted by molar-refractivity contribution is -0.155. The van der Waals surface area contributed by atoms with Crippen LogP contribution in [0, 0.1) is 0 Å². The van der Waals surface area contributed by atoms with Gasteiger partial charge in [0.15, 0.2) is 0 Å². The Balaban J connectivity index is 2.25. The fraction of sp³-hybridized carbons (Fsp3) is 0.727. The average Bonchev–Trinajstić information content (AvgIpc) is 2.66.